The van der Waals surface area contributed by atoms with Gasteiger partial charge in [0.15, 0.2) is 5.11 Å². The van der Waals surface area contributed by atoms with E-state index < -0.39 is 0 Å². The Kier molecular flexibility index (Phi) is 9.79. The number of hydrogen-bond acceptors (Lipinski definition) is 3. The highest BCUT2D eigenvalue weighted by atomic mass is 32.1. The van der Waals surface area contributed by atoms with Crippen molar-refractivity contribution in [3.8, 4) is 0 Å². The predicted molar refractivity (Wildman–Crippen MR) is 135 cm³/mol. The molecule has 168 valence electrons. The normalized spacial score (nSPS) is 14.4. The number of ether oxygens (including phenoxy) is 1. The quantitative estimate of drug-likeness (QED) is 0.510. The standard InChI is InChI=1S/C26H37N3OS/c1-3-4-8-23-10-12-25(13-11-23)27-26(31)29(21-24-9-5-7-22(2)20-24)15-6-14-28-16-18-30-19-17-28/h5,7,9-13,20H,3-4,6,8,14-19,21H2,1-2H3,(H,27,31). The number of hydrogen-bond donors (Lipinski definition) is 1. The van der Waals surface area contributed by atoms with Crippen molar-refractivity contribution in [2.24, 2.45) is 0 Å². The number of aryl methyl sites for hydroxylation is 2. The Morgan fingerprint density at radius 2 is 1.84 bits per heavy atom. The summed E-state index contributed by atoms with van der Waals surface area (Å²) in [6, 6.07) is 17.4. The van der Waals surface area contributed by atoms with Crippen molar-refractivity contribution >= 4 is 23.0 Å². The summed E-state index contributed by atoms with van der Waals surface area (Å²) in [7, 11) is 0. The van der Waals surface area contributed by atoms with Gasteiger partial charge in [0.05, 0.1) is 13.2 Å². The SMILES string of the molecule is CCCCc1ccc(NC(=S)N(CCCN2CCOCC2)Cc2cccc(C)c2)cc1. The van der Waals surface area contributed by atoms with Crippen molar-refractivity contribution in [2.45, 2.75) is 46.1 Å². The van der Waals surface area contributed by atoms with E-state index in [2.05, 4.69) is 77.5 Å². The molecule has 0 aromatic heterocycles. The fourth-order valence-electron chi connectivity index (χ4n) is 3.93. The van der Waals surface area contributed by atoms with Gasteiger partial charge in [-0.3, -0.25) is 4.90 Å². The second kappa shape index (κ2) is 12.8. The molecule has 0 unspecified atom stereocenters. The lowest BCUT2D eigenvalue weighted by Crippen LogP contribution is -2.40. The van der Waals surface area contributed by atoms with Crippen LogP contribution in [0.4, 0.5) is 5.69 Å². The average molecular weight is 440 g/mol. The van der Waals surface area contributed by atoms with Crippen LogP contribution in [0.2, 0.25) is 0 Å². The molecule has 31 heavy (non-hydrogen) atoms. The minimum atomic E-state index is 0.796. The van der Waals surface area contributed by atoms with Crippen molar-refractivity contribution in [2.75, 3.05) is 44.7 Å². The summed E-state index contributed by atoms with van der Waals surface area (Å²) in [6.07, 6.45) is 4.69. The fourth-order valence-corrected chi connectivity index (χ4v) is 4.21. The first-order valence-electron chi connectivity index (χ1n) is 11.6. The Hall–Kier alpha value is -1.95. The third-order valence-corrected chi connectivity index (χ3v) is 6.13. The second-order valence-electron chi connectivity index (χ2n) is 8.45. The molecule has 0 aliphatic carbocycles. The van der Waals surface area contributed by atoms with Crippen LogP contribution >= 0.6 is 12.2 Å². The van der Waals surface area contributed by atoms with E-state index in [1.54, 1.807) is 0 Å². The van der Waals surface area contributed by atoms with Gasteiger partial charge in [-0.05, 0) is 61.7 Å². The Morgan fingerprint density at radius 3 is 2.55 bits per heavy atom. The molecule has 5 heteroatoms. The van der Waals surface area contributed by atoms with E-state index in [4.69, 9.17) is 17.0 Å². The average Bonchev–Trinajstić information content (AvgIpc) is 2.79. The summed E-state index contributed by atoms with van der Waals surface area (Å²) in [5.74, 6) is 0. The molecular formula is C26H37N3OS. The van der Waals surface area contributed by atoms with Crippen molar-refractivity contribution in [3.63, 3.8) is 0 Å². The topological polar surface area (TPSA) is 27.7 Å². The van der Waals surface area contributed by atoms with Gasteiger partial charge in [-0.15, -0.1) is 0 Å². The molecule has 0 bridgehead atoms. The molecule has 1 heterocycles. The van der Waals surface area contributed by atoms with E-state index in [0.717, 1.165) is 69.6 Å². The van der Waals surface area contributed by atoms with Gasteiger partial charge >= 0.3 is 0 Å². The van der Waals surface area contributed by atoms with Crippen LogP contribution in [0.25, 0.3) is 0 Å². The van der Waals surface area contributed by atoms with Gasteiger partial charge in [0.2, 0.25) is 0 Å². The molecule has 0 atom stereocenters. The predicted octanol–water partition coefficient (Wildman–Crippen LogP) is 5.26. The molecular weight excluding hydrogens is 402 g/mol. The van der Waals surface area contributed by atoms with Crippen LogP contribution in [0.5, 0.6) is 0 Å². The van der Waals surface area contributed by atoms with Crippen molar-refractivity contribution in [1.29, 1.82) is 0 Å². The summed E-state index contributed by atoms with van der Waals surface area (Å²) < 4.78 is 5.47. The van der Waals surface area contributed by atoms with Crippen LogP contribution in [-0.2, 0) is 17.7 Å². The Balaban J connectivity index is 1.60. The number of morpholine rings is 1. The highest BCUT2D eigenvalue weighted by Crippen LogP contribution is 2.15. The number of nitrogens with zero attached hydrogens (tertiary/aromatic N) is 2. The van der Waals surface area contributed by atoms with Gasteiger partial charge in [-0.1, -0.05) is 55.3 Å². The number of benzene rings is 2. The first kappa shape index (κ1) is 23.7. The molecule has 1 aliphatic heterocycles. The van der Waals surface area contributed by atoms with Crippen molar-refractivity contribution in [1.82, 2.24) is 9.80 Å². The highest BCUT2D eigenvalue weighted by Gasteiger charge is 2.14. The largest absolute Gasteiger partial charge is 0.379 e. The van der Waals surface area contributed by atoms with Crippen LogP contribution < -0.4 is 5.32 Å². The van der Waals surface area contributed by atoms with E-state index in [1.807, 2.05) is 0 Å². The van der Waals surface area contributed by atoms with E-state index in [9.17, 15) is 0 Å². The maximum atomic E-state index is 5.84. The number of rotatable bonds is 10. The summed E-state index contributed by atoms with van der Waals surface area (Å²) in [6.45, 7) is 11.0. The summed E-state index contributed by atoms with van der Waals surface area (Å²) in [4.78, 5) is 4.79. The molecule has 1 N–H and O–H groups in total. The summed E-state index contributed by atoms with van der Waals surface area (Å²) >= 11 is 5.84. The fraction of sp³-hybridized carbons (Fsp3) is 0.500. The zero-order valence-corrected chi connectivity index (χ0v) is 19.9. The number of anilines is 1. The van der Waals surface area contributed by atoms with Gasteiger partial charge in [0, 0.05) is 38.4 Å². The molecule has 2 aromatic rings. The maximum absolute atomic E-state index is 5.84. The molecule has 1 aliphatic rings. The van der Waals surface area contributed by atoms with Gasteiger partial charge in [-0.25, -0.2) is 0 Å². The van der Waals surface area contributed by atoms with Crippen LogP contribution in [-0.4, -0.2) is 54.3 Å². The zero-order valence-electron chi connectivity index (χ0n) is 19.1. The number of unbranched alkanes of at least 4 members (excludes halogenated alkanes) is 1. The van der Waals surface area contributed by atoms with E-state index >= 15 is 0 Å². The first-order valence-corrected chi connectivity index (χ1v) is 12.1. The van der Waals surface area contributed by atoms with Crippen molar-refractivity contribution < 1.29 is 4.74 Å². The van der Waals surface area contributed by atoms with Crippen LogP contribution in [0.15, 0.2) is 48.5 Å². The Bertz CT molecular complexity index is 803. The molecule has 0 radical (unpaired) electrons. The van der Waals surface area contributed by atoms with E-state index in [0.29, 0.717) is 0 Å². The number of thiocarbonyl (C=S) groups is 1. The number of nitrogens with one attached hydrogen (secondary N) is 1. The zero-order chi connectivity index (χ0) is 21.9. The lowest BCUT2D eigenvalue weighted by atomic mass is 10.1. The molecule has 4 nitrogen and oxygen atoms in total. The molecule has 0 saturated carbocycles. The highest BCUT2D eigenvalue weighted by molar-refractivity contribution is 7.80. The van der Waals surface area contributed by atoms with Crippen molar-refractivity contribution in [3.05, 3.63) is 65.2 Å². The van der Waals surface area contributed by atoms with Gasteiger partial charge in [-0.2, -0.15) is 0 Å². The van der Waals surface area contributed by atoms with E-state index in [1.165, 1.54) is 29.5 Å². The third-order valence-electron chi connectivity index (χ3n) is 5.77. The lowest BCUT2D eigenvalue weighted by Gasteiger charge is -2.30. The smallest absolute Gasteiger partial charge is 0.173 e. The second-order valence-corrected chi connectivity index (χ2v) is 8.84. The van der Waals surface area contributed by atoms with Gasteiger partial charge in [0.1, 0.15) is 0 Å². The molecule has 0 amide bonds. The Labute approximate surface area is 193 Å². The monoisotopic (exact) mass is 439 g/mol. The lowest BCUT2D eigenvalue weighted by molar-refractivity contribution is 0.0368. The molecule has 2 aromatic carbocycles. The minimum absolute atomic E-state index is 0.796. The van der Waals surface area contributed by atoms with Crippen LogP contribution in [0.3, 0.4) is 0 Å². The summed E-state index contributed by atoms with van der Waals surface area (Å²) in [5.41, 5.74) is 5.03. The van der Waals surface area contributed by atoms with Crippen LogP contribution in [0, 0.1) is 6.92 Å². The summed E-state index contributed by atoms with van der Waals surface area (Å²) in [5, 5.41) is 4.27. The minimum Gasteiger partial charge on any atom is -0.379 e. The van der Waals surface area contributed by atoms with E-state index in [-0.39, 0.29) is 0 Å². The van der Waals surface area contributed by atoms with Gasteiger partial charge in [0.25, 0.3) is 0 Å². The third kappa shape index (κ3) is 8.24. The Morgan fingerprint density at radius 1 is 1.06 bits per heavy atom. The van der Waals surface area contributed by atoms with Crippen LogP contribution in [0.1, 0.15) is 42.9 Å². The first-order chi connectivity index (χ1) is 15.1. The molecule has 0 spiro atoms. The maximum Gasteiger partial charge on any atom is 0.173 e. The van der Waals surface area contributed by atoms with Gasteiger partial charge < -0.3 is 15.0 Å². The molecule has 1 saturated heterocycles. The molecule has 1 fully saturated rings. The molecule has 3 rings (SSSR count).